The van der Waals surface area contributed by atoms with E-state index in [1.807, 2.05) is 0 Å². The highest BCUT2D eigenvalue weighted by molar-refractivity contribution is 9.10. The minimum Gasteiger partial charge on any atom is -0.396 e. The first-order valence-corrected chi connectivity index (χ1v) is 6.69. The van der Waals surface area contributed by atoms with Crippen LogP contribution >= 0.6 is 15.9 Å². The molecule has 2 heterocycles. The van der Waals surface area contributed by atoms with E-state index in [1.54, 1.807) is 12.4 Å². The zero-order valence-corrected chi connectivity index (χ0v) is 11.9. The van der Waals surface area contributed by atoms with Gasteiger partial charge in [-0.15, -0.1) is 0 Å². The summed E-state index contributed by atoms with van der Waals surface area (Å²) in [6.07, 6.45) is 6.06. The summed E-state index contributed by atoms with van der Waals surface area (Å²) in [5.74, 6) is 0. The zero-order valence-electron chi connectivity index (χ0n) is 10.4. The summed E-state index contributed by atoms with van der Waals surface area (Å²) in [4.78, 5) is 8.70. The van der Waals surface area contributed by atoms with Crippen LogP contribution in [0.4, 0.5) is 11.4 Å². The Balaban J connectivity index is 2.11. The van der Waals surface area contributed by atoms with Crippen molar-refractivity contribution in [1.29, 1.82) is 0 Å². The molecule has 1 aromatic heterocycles. The number of nitrogen functional groups attached to an aromatic ring is 1. The van der Waals surface area contributed by atoms with Crippen molar-refractivity contribution in [3.05, 3.63) is 16.9 Å². The van der Waals surface area contributed by atoms with Gasteiger partial charge in [0.2, 0.25) is 0 Å². The standard InChI is InChI=1S/C12H19BrN4/c1-16-5-3-4-9(16)8-17(2)12-10(13)6-15-7-11(12)14/h6-7,9H,3-5,8,14H2,1-2H3. The highest BCUT2D eigenvalue weighted by Crippen LogP contribution is 2.31. The van der Waals surface area contributed by atoms with Crippen molar-refractivity contribution in [2.24, 2.45) is 0 Å². The lowest BCUT2D eigenvalue weighted by atomic mass is 10.2. The van der Waals surface area contributed by atoms with Crippen molar-refractivity contribution < 1.29 is 0 Å². The molecule has 5 heteroatoms. The molecular weight excluding hydrogens is 280 g/mol. The normalized spacial score (nSPS) is 20.8. The Bertz CT molecular complexity index is 376. The van der Waals surface area contributed by atoms with Crippen molar-refractivity contribution in [3.8, 4) is 0 Å². The fraction of sp³-hybridized carbons (Fsp3) is 0.583. The number of nitrogens with two attached hydrogens (primary N) is 1. The first-order chi connectivity index (χ1) is 8.09. The van der Waals surface area contributed by atoms with Crippen LogP contribution in [-0.4, -0.2) is 43.1 Å². The van der Waals surface area contributed by atoms with Crippen LogP contribution in [0.3, 0.4) is 0 Å². The molecule has 17 heavy (non-hydrogen) atoms. The third-order valence-electron chi connectivity index (χ3n) is 3.44. The molecule has 1 fully saturated rings. The van der Waals surface area contributed by atoms with E-state index in [1.165, 1.54) is 19.4 Å². The van der Waals surface area contributed by atoms with Crippen LogP contribution in [-0.2, 0) is 0 Å². The van der Waals surface area contributed by atoms with Crippen LogP contribution in [0.25, 0.3) is 0 Å². The number of likely N-dealkylation sites (tertiary alicyclic amines) is 1. The topological polar surface area (TPSA) is 45.4 Å². The van der Waals surface area contributed by atoms with E-state index in [0.717, 1.165) is 22.4 Å². The monoisotopic (exact) mass is 298 g/mol. The number of rotatable bonds is 3. The molecule has 0 bridgehead atoms. The number of hydrogen-bond donors (Lipinski definition) is 1. The Kier molecular flexibility index (Phi) is 3.89. The van der Waals surface area contributed by atoms with E-state index in [9.17, 15) is 0 Å². The number of aromatic nitrogens is 1. The molecule has 1 aliphatic heterocycles. The Morgan fingerprint density at radius 1 is 1.59 bits per heavy atom. The highest BCUT2D eigenvalue weighted by atomic mass is 79.9. The number of likely N-dealkylation sites (N-methyl/N-ethyl adjacent to an activating group) is 2. The number of halogens is 1. The van der Waals surface area contributed by atoms with Crippen LogP contribution in [0.2, 0.25) is 0 Å². The third kappa shape index (κ3) is 2.72. The fourth-order valence-electron chi connectivity index (χ4n) is 2.46. The van der Waals surface area contributed by atoms with Gasteiger partial charge in [0, 0.05) is 25.8 Å². The molecule has 1 saturated heterocycles. The van der Waals surface area contributed by atoms with Crippen LogP contribution < -0.4 is 10.6 Å². The van der Waals surface area contributed by atoms with Gasteiger partial charge in [-0.05, 0) is 42.4 Å². The molecule has 0 spiro atoms. The summed E-state index contributed by atoms with van der Waals surface area (Å²) in [5, 5.41) is 0. The fourth-order valence-corrected chi connectivity index (χ4v) is 3.11. The molecule has 1 aromatic rings. The molecule has 1 unspecified atom stereocenters. The van der Waals surface area contributed by atoms with Crippen molar-refractivity contribution in [1.82, 2.24) is 9.88 Å². The maximum absolute atomic E-state index is 5.98. The summed E-state index contributed by atoms with van der Waals surface area (Å²) < 4.78 is 0.959. The average molecular weight is 299 g/mol. The quantitative estimate of drug-likeness (QED) is 0.927. The Labute approximate surface area is 111 Å². The summed E-state index contributed by atoms with van der Waals surface area (Å²) in [6, 6.07) is 0.625. The Morgan fingerprint density at radius 2 is 2.35 bits per heavy atom. The number of pyridine rings is 1. The largest absolute Gasteiger partial charge is 0.396 e. The highest BCUT2D eigenvalue weighted by Gasteiger charge is 2.23. The first-order valence-electron chi connectivity index (χ1n) is 5.90. The van der Waals surface area contributed by atoms with Crippen molar-refractivity contribution in [2.75, 3.05) is 37.8 Å². The van der Waals surface area contributed by atoms with Gasteiger partial charge in [0.25, 0.3) is 0 Å². The molecule has 0 aromatic carbocycles. The van der Waals surface area contributed by atoms with Crippen molar-refractivity contribution in [2.45, 2.75) is 18.9 Å². The van der Waals surface area contributed by atoms with Crippen LogP contribution in [0.1, 0.15) is 12.8 Å². The van der Waals surface area contributed by atoms with Gasteiger partial charge >= 0.3 is 0 Å². The molecule has 1 atom stereocenters. The second-order valence-corrected chi connectivity index (χ2v) is 5.57. The van der Waals surface area contributed by atoms with Crippen LogP contribution in [0, 0.1) is 0 Å². The summed E-state index contributed by atoms with van der Waals surface area (Å²) in [6.45, 7) is 2.20. The summed E-state index contributed by atoms with van der Waals surface area (Å²) >= 11 is 3.51. The van der Waals surface area contributed by atoms with Gasteiger partial charge < -0.3 is 15.5 Å². The maximum Gasteiger partial charge on any atom is 0.0773 e. The molecule has 2 N–H and O–H groups in total. The van der Waals surface area contributed by atoms with Gasteiger partial charge in [0.1, 0.15) is 0 Å². The minimum absolute atomic E-state index is 0.625. The average Bonchev–Trinajstić information content (AvgIpc) is 2.64. The predicted molar refractivity (Wildman–Crippen MR) is 75.3 cm³/mol. The Morgan fingerprint density at radius 3 is 2.94 bits per heavy atom. The second kappa shape index (κ2) is 5.23. The SMILES string of the molecule is CN(CC1CCCN1C)c1c(N)cncc1Br. The lowest BCUT2D eigenvalue weighted by Crippen LogP contribution is -2.37. The third-order valence-corrected chi connectivity index (χ3v) is 4.02. The van der Waals surface area contributed by atoms with Gasteiger partial charge in [-0.1, -0.05) is 0 Å². The van der Waals surface area contributed by atoms with E-state index in [-0.39, 0.29) is 0 Å². The van der Waals surface area contributed by atoms with Gasteiger partial charge in [-0.2, -0.15) is 0 Å². The second-order valence-electron chi connectivity index (χ2n) is 4.72. The molecule has 0 amide bonds. The van der Waals surface area contributed by atoms with E-state index < -0.39 is 0 Å². The predicted octanol–water partition coefficient (Wildman–Crippen LogP) is 1.96. The van der Waals surface area contributed by atoms with Gasteiger partial charge in [0.15, 0.2) is 0 Å². The number of anilines is 2. The summed E-state index contributed by atoms with van der Waals surface area (Å²) in [7, 11) is 4.28. The zero-order chi connectivity index (χ0) is 12.4. The van der Waals surface area contributed by atoms with Gasteiger partial charge in [0.05, 0.1) is 22.0 Å². The van der Waals surface area contributed by atoms with Crippen molar-refractivity contribution >= 4 is 27.3 Å². The lowest BCUT2D eigenvalue weighted by Gasteiger charge is -2.28. The van der Waals surface area contributed by atoms with E-state index in [0.29, 0.717) is 6.04 Å². The number of nitrogens with zero attached hydrogens (tertiary/aromatic N) is 3. The molecule has 0 saturated carbocycles. The lowest BCUT2D eigenvalue weighted by molar-refractivity contribution is 0.314. The van der Waals surface area contributed by atoms with E-state index >= 15 is 0 Å². The molecule has 0 radical (unpaired) electrons. The molecule has 4 nitrogen and oxygen atoms in total. The molecule has 94 valence electrons. The summed E-state index contributed by atoms with van der Waals surface area (Å²) in [5.41, 5.74) is 7.75. The van der Waals surface area contributed by atoms with Crippen molar-refractivity contribution in [3.63, 3.8) is 0 Å². The smallest absolute Gasteiger partial charge is 0.0773 e. The van der Waals surface area contributed by atoms with Crippen LogP contribution in [0.5, 0.6) is 0 Å². The maximum atomic E-state index is 5.98. The van der Waals surface area contributed by atoms with E-state index in [4.69, 9.17) is 5.73 Å². The first kappa shape index (κ1) is 12.6. The van der Waals surface area contributed by atoms with E-state index in [2.05, 4.69) is 44.8 Å². The molecule has 1 aliphatic rings. The number of hydrogen-bond acceptors (Lipinski definition) is 4. The van der Waals surface area contributed by atoms with Crippen LogP contribution in [0.15, 0.2) is 16.9 Å². The van der Waals surface area contributed by atoms with Gasteiger partial charge in [-0.3, -0.25) is 4.98 Å². The Hall–Kier alpha value is -0.810. The minimum atomic E-state index is 0.625. The molecule has 0 aliphatic carbocycles. The molecular formula is C12H19BrN4. The molecule has 2 rings (SSSR count). The van der Waals surface area contributed by atoms with Gasteiger partial charge in [-0.25, -0.2) is 0 Å².